The second kappa shape index (κ2) is 6.47. The zero-order valence-electron chi connectivity index (χ0n) is 14.9. The molecule has 0 saturated carbocycles. The van der Waals surface area contributed by atoms with E-state index in [4.69, 9.17) is 0 Å². The van der Waals surface area contributed by atoms with Crippen LogP contribution in [0.5, 0.6) is 0 Å². The Morgan fingerprint density at radius 2 is 1.72 bits per heavy atom. The van der Waals surface area contributed by atoms with Gasteiger partial charge in [0.1, 0.15) is 0 Å². The van der Waals surface area contributed by atoms with Crippen molar-refractivity contribution in [1.82, 2.24) is 9.97 Å². The van der Waals surface area contributed by atoms with Gasteiger partial charge in [-0.3, -0.25) is 4.79 Å². The predicted octanol–water partition coefficient (Wildman–Crippen LogP) is 2.90. The fourth-order valence-electron chi connectivity index (χ4n) is 3.96. The lowest BCUT2D eigenvalue weighted by Crippen LogP contribution is -2.42. The summed E-state index contributed by atoms with van der Waals surface area (Å²) in [4.78, 5) is 26.3. The van der Waals surface area contributed by atoms with Gasteiger partial charge in [-0.1, -0.05) is 18.2 Å². The van der Waals surface area contributed by atoms with E-state index in [1.165, 1.54) is 5.56 Å². The Morgan fingerprint density at radius 3 is 2.44 bits per heavy atom. The Kier molecular flexibility index (Phi) is 4.15. The van der Waals surface area contributed by atoms with Gasteiger partial charge in [-0.05, 0) is 50.8 Å². The van der Waals surface area contributed by atoms with Crippen molar-refractivity contribution < 1.29 is 4.79 Å². The summed E-state index contributed by atoms with van der Waals surface area (Å²) in [5, 5.41) is 0. The van der Waals surface area contributed by atoms with Crippen molar-refractivity contribution in [3.8, 4) is 0 Å². The summed E-state index contributed by atoms with van der Waals surface area (Å²) in [6, 6.07) is 10.3. The Morgan fingerprint density at radius 1 is 1.04 bits per heavy atom. The smallest absolute Gasteiger partial charge is 0.230 e. The van der Waals surface area contributed by atoms with Crippen LogP contribution in [0.4, 0.5) is 11.6 Å². The second-order valence-corrected chi connectivity index (χ2v) is 7.08. The Labute approximate surface area is 148 Å². The second-order valence-electron chi connectivity index (χ2n) is 7.08. The number of benzene rings is 1. The molecule has 0 radical (unpaired) electrons. The van der Waals surface area contributed by atoms with E-state index in [0.717, 1.165) is 61.9 Å². The van der Waals surface area contributed by atoms with E-state index in [1.54, 1.807) is 0 Å². The zero-order valence-corrected chi connectivity index (χ0v) is 14.9. The van der Waals surface area contributed by atoms with Gasteiger partial charge in [0.25, 0.3) is 0 Å². The number of para-hydroxylation sites is 1. The van der Waals surface area contributed by atoms with E-state index in [9.17, 15) is 4.79 Å². The lowest BCUT2D eigenvalue weighted by Gasteiger charge is -2.33. The molecule has 5 nitrogen and oxygen atoms in total. The average Bonchev–Trinajstić information content (AvgIpc) is 3.04. The summed E-state index contributed by atoms with van der Waals surface area (Å²) in [6.07, 6.45) is 2.71. The molecule has 1 saturated heterocycles. The first kappa shape index (κ1) is 16.1. The number of carbonyl (C=O) groups excluding carboxylic acids is 1. The average molecular weight is 336 g/mol. The van der Waals surface area contributed by atoms with E-state index >= 15 is 0 Å². The summed E-state index contributed by atoms with van der Waals surface area (Å²) in [7, 11) is 0. The van der Waals surface area contributed by atoms with Crippen LogP contribution in [0.3, 0.4) is 0 Å². The SMILES string of the molecule is Cc1cc(C)nc(N2CCC(C(=O)N3CCc4ccccc43)CC2)n1. The van der Waals surface area contributed by atoms with Gasteiger partial charge in [0, 0.05) is 42.6 Å². The zero-order chi connectivity index (χ0) is 17.4. The first-order valence-corrected chi connectivity index (χ1v) is 9.08. The third-order valence-corrected chi connectivity index (χ3v) is 5.25. The summed E-state index contributed by atoms with van der Waals surface area (Å²) in [5.41, 5.74) is 4.38. The topological polar surface area (TPSA) is 49.3 Å². The van der Waals surface area contributed by atoms with E-state index < -0.39 is 0 Å². The van der Waals surface area contributed by atoms with Crippen molar-refractivity contribution in [2.24, 2.45) is 5.92 Å². The first-order chi connectivity index (χ1) is 12.1. The molecule has 1 fully saturated rings. The molecule has 5 heteroatoms. The van der Waals surface area contributed by atoms with Crippen molar-refractivity contribution in [1.29, 1.82) is 0 Å². The Hall–Kier alpha value is -2.43. The lowest BCUT2D eigenvalue weighted by atomic mass is 9.95. The highest BCUT2D eigenvalue weighted by molar-refractivity contribution is 5.97. The summed E-state index contributed by atoms with van der Waals surface area (Å²) < 4.78 is 0. The number of aromatic nitrogens is 2. The largest absolute Gasteiger partial charge is 0.341 e. The third kappa shape index (κ3) is 3.11. The van der Waals surface area contributed by atoms with Crippen LogP contribution in [0.2, 0.25) is 0 Å². The highest BCUT2D eigenvalue weighted by Crippen LogP contribution is 2.31. The maximum Gasteiger partial charge on any atom is 0.230 e. The van der Waals surface area contributed by atoms with Crippen molar-refractivity contribution >= 4 is 17.5 Å². The molecule has 0 bridgehead atoms. The number of aryl methyl sites for hydroxylation is 2. The van der Waals surface area contributed by atoms with Crippen molar-refractivity contribution in [3.05, 3.63) is 47.3 Å². The maximum atomic E-state index is 13.0. The molecule has 0 unspecified atom stereocenters. The number of amides is 1. The molecule has 2 aromatic rings. The molecule has 1 aromatic heterocycles. The minimum Gasteiger partial charge on any atom is -0.341 e. The number of nitrogens with zero attached hydrogens (tertiary/aromatic N) is 4. The molecule has 0 atom stereocenters. The third-order valence-electron chi connectivity index (χ3n) is 5.25. The van der Waals surface area contributed by atoms with Gasteiger partial charge in [-0.25, -0.2) is 9.97 Å². The molecule has 130 valence electrons. The molecule has 2 aliphatic heterocycles. The molecule has 3 heterocycles. The number of fused-ring (bicyclic) bond motifs is 1. The van der Waals surface area contributed by atoms with Crippen LogP contribution in [0.15, 0.2) is 30.3 Å². The summed E-state index contributed by atoms with van der Waals surface area (Å²) >= 11 is 0. The van der Waals surface area contributed by atoms with Gasteiger partial charge >= 0.3 is 0 Å². The summed E-state index contributed by atoms with van der Waals surface area (Å²) in [5.74, 6) is 1.19. The van der Waals surface area contributed by atoms with Crippen LogP contribution < -0.4 is 9.80 Å². The molecule has 4 rings (SSSR count). The van der Waals surface area contributed by atoms with E-state index in [-0.39, 0.29) is 11.8 Å². The van der Waals surface area contributed by atoms with Gasteiger partial charge < -0.3 is 9.80 Å². The molecule has 25 heavy (non-hydrogen) atoms. The van der Waals surface area contributed by atoms with Gasteiger partial charge in [0.2, 0.25) is 11.9 Å². The van der Waals surface area contributed by atoms with Crippen LogP contribution >= 0.6 is 0 Å². The van der Waals surface area contributed by atoms with Gasteiger partial charge in [-0.15, -0.1) is 0 Å². The molecule has 0 spiro atoms. The standard InChI is InChI=1S/C20H24N4O/c1-14-13-15(2)22-20(21-14)23-10-7-17(8-11-23)19(25)24-12-9-16-5-3-4-6-18(16)24/h3-6,13,17H,7-12H2,1-2H3. The number of hydrogen-bond acceptors (Lipinski definition) is 4. The van der Waals surface area contributed by atoms with Crippen LogP contribution in [-0.2, 0) is 11.2 Å². The first-order valence-electron chi connectivity index (χ1n) is 9.08. The Bertz CT molecular complexity index is 776. The fourth-order valence-corrected chi connectivity index (χ4v) is 3.96. The summed E-state index contributed by atoms with van der Waals surface area (Å²) in [6.45, 7) is 6.50. The van der Waals surface area contributed by atoms with Crippen LogP contribution in [0.25, 0.3) is 0 Å². The normalized spacial score (nSPS) is 17.7. The van der Waals surface area contributed by atoms with Crippen molar-refractivity contribution in [2.75, 3.05) is 29.4 Å². The van der Waals surface area contributed by atoms with Crippen LogP contribution in [0.1, 0.15) is 29.8 Å². The van der Waals surface area contributed by atoms with Crippen molar-refractivity contribution in [2.45, 2.75) is 33.1 Å². The van der Waals surface area contributed by atoms with Crippen LogP contribution in [0, 0.1) is 19.8 Å². The fraction of sp³-hybridized carbons (Fsp3) is 0.450. The maximum absolute atomic E-state index is 13.0. The van der Waals surface area contributed by atoms with E-state index in [0.29, 0.717) is 0 Å². The van der Waals surface area contributed by atoms with E-state index in [1.807, 2.05) is 30.9 Å². The number of rotatable bonds is 2. The minimum atomic E-state index is 0.105. The number of piperidine rings is 1. The molecular formula is C20H24N4O. The highest BCUT2D eigenvalue weighted by atomic mass is 16.2. The molecule has 2 aliphatic rings. The number of carbonyl (C=O) groups is 1. The molecular weight excluding hydrogens is 312 g/mol. The molecule has 0 N–H and O–H groups in total. The molecule has 1 amide bonds. The Balaban J connectivity index is 1.43. The number of hydrogen-bond donors (Lipinski definition) is 0. The monoisotopic (exact) mass is 336 g/mol. The van der Waals surface area contributed by atoms with E-state index in [2.05, 4.69) is 33.1 Å². The quantitative estimate of drug-likeness (QED) is 0.846. The van der Waals surface area contributed by atoms with Gasteiger partial charge in [0.05, 0.1) is 0 Å². The minimum absolute atomic E-state index is 0.105. The van der Waals surface area contributed by atoms with Gasteiger partial charge in [0.15, 0.2) is 0 Å². The predicted molar refractivity (Wildman–Crippen MR) is 98.9 cm³/mol. The van der Waals surface area contributed by atoms with Crippen molar-refractivity contribution in [3.63, 3.8) is 0 Å². The molecule has 1 aromatic carbocycles. The lowest BCUT2D eigenvalue weighted by molar-refractivity contribution is -0.122. The molecule has 0 aliphatic carbocycles. The van der Waals surface area contributed by atoms with Gasteiger partial charge in [-0.2, -0.15) is 0 Å². The van der Waals surface area contributed by atoms with Crippen LogP contribution in [-0.4, -0.2) is 35.5 Å². The number of anilines is 2. The highest BCUT2D eigenvalue weighted by Gasteiger charge is 2.32.